The molecule has 0 spiro atoms. The van der Waals surface area contributed by atoms with E-state index in [2.05, 4.69) is 21.2 Å². The maximum absolute atomic E-state index is 12.0. The summed E-state index contributed by atoms with van der Waals surface area (Å²) >= 11 is 9.18. The van der Waals surface area contributed by atoms with E-state index in [0.717, 1.165) is 0 Å². The maximum atomic E-state index is 12.0. The van der Waals surface area contributed by atoms with Crippen LogP contribution in [-0.4, -0.2) is 23.0 Å². The van der Waals surface area contributed by atoms with Gasteiger partial charge in [0.05, 0.1) is 10.6 Å². The van der Waals surface area contributed by atoms with Crippen molar-refractivity contribution in [2.75, 3.05) is 0 Å². The van der Waals surface area contributed by atoms with Crippen LogP contribution in [0, 0.1) is 5.92 Å². The summed E-state index contributed by atoms with van der Waals surface area (Å²) in [5.74, 6) is -1.37. The Morgan fingerprint density at radius 3 is 2.58 bits per heavy atom. The van der Waals surface area contributed by atoms with Gasteiger partial charge >= 0.3 is 5.97 Å². The smallest absolute Gasteiger partial charge is 0.326 e. The molecule has 2 N–H and O–H groups in total. The molecule has 0 unspecified atom stereocenters. The Balaban J connectivity index is 2.87. The Hall–Kier alpha value is -1.07. The van der Waals surface area contributed by atoms with Gasteiger partial charge in [0.2, 0.25) is 0 Å². The molecule has 0 fully saturated rings. The minimum atomic E-state index is -1.05. The zero-order valence-corrected chi connectivity index (χ0v) is 13.0. The van der Waals surface area contributed by atoms with Crippen LogP contribution in [0.3, 0.4) is 0 Å². The van der Waals surface area contributed by atoms with Gasteiger partial charge in [-0.3, -0.25) is 4.79 Å². The second-order valence-corrected chi connectivity index (χ2v) is 5.94. The fourth-order valence-electron chi connectivity index (χ4n) is 1.60. The molecule has 1 aromatic rings. The minimum Gasteiger partial charge on any atom is -0.480 e. The number of carboxylic acid groups (broad SMARTS) is 1. The zero-order chi connectivity index (χ0) is 14.6. The van der Waals surface area contributed by atoms with Gasteiger partial charge < -0.3 is 10.4 Å². The lowest BCUT2D eigenvalue weighted by Gasteiger charge is -2.17. The summed E-state index contributed by atoms with van der Waals surface area (Å²) in [5, 5.41) is 11.9. The lowest BCUT2D eigenvalue weighted by Crippen LogP contribution is -2.41. The monoisotopic (exact) mass is 347 g/mol. The van der Waals surface area contributed by atoms with Crippen molar-refractivity contribution in [1.29, 1.82) is 0 Å². The number of carbonyl (C=O) groups excluding carboxylic acids is 1. The van der Waals surface area contributed by atoms with Gasteiger partial charge in [0, 0.05) is 4.47 Å². The molecular formula is C13H15BrClNO3. The number of hydrogen-bond acceptors (Lipinski definition) is 2. The first-order valence-corrected chi connectivity index (χ1v) is 6.97. The predicted octanol–water partition coefficient (Wildman–Crippen LogP) is 3.33. The molecule has 6 heteroatoms. The van der Waals surface area contributed by atoms with Crippen LogP contribution >= 0.6 is 27.5 Å². The fourth-order valence-corrected chi connectivity index (χ4v) is 2.16. The number of hydrogen-bond donors (Lipinski definition) is 2. The number of carbonyl (C=O) groups is 2. The van der Waals surface area contributed by atoms with Gasteiger partial charge in [0.25, 0.3) is 5.91 Å². The summed E-state index contributed by atoms with van der Waals surface area (Å²) in [5.41, 5.74) is 0.256. The molecule has 0 saturated carbocycles. The first-order valence-electron chi connectivity index (χ1n) is 5.80. The third-order valence-corrected chi connectivity index (χ3v) is 3.31. The van der Waals surface area contributed by atoms with Crippen molar-refractivity contribution in [3.63, 3.8) is 0 Å². The molecule has 0 heterocycles. The quantitative estimate of drug-likeness (QED) is 0.857. The van der Waals surface area contributed by atoms with E-state index in [1.54, 1.807) is 18.2 Å². The van der Waals surface area contributed by atoms with Gasteiger partial charge in [-0.1, -0.05) is 41.4 Å². The van der Waals surface area contributed by atoms with E-state index in [0.29, 0.717) is 10.9 Å². The molecule has 0 bridgehead atoms. The summed E-state index contributed by atoms with van der Waals surface area (Å²) in [6.45, 7) is 3.79. The number of amides is 1. The van der Waals surface area contributed by atoms with Crippen LogP contribution in [0.1, 0.15) is 30.6 Å². The summed E-state index contributed by atoms with van der Waals surface area (Å²) in [6.07, 6.45) is 0.368. The Bertz CT molecular complexity index is 491. The zero-order valence-electron chi connectivity index (χ0n) is 10.6. The van der Waals surface area contributed by atoms with Gasteiger partial charge in [-0.2, -0.15) is 0 Å². The molecule has 1 aromatic carbocycles. The summed E-state index contributed by atoms with van der Waals surface area (Å²) < 4.78 is 0.706. The highest BCUT2D eigenvalue weighted by Gasteiger charge is 2.22. The number of carboxylic acids is 1. The molecule has 1 atom stereocenters. The highest BCUT2D eigenvalue weighted by atomic mass is 79.9. The highest BCUT2D eigenvalue weighted by molar-refractivity contribution is 9.10. The van der Waals surface area contributed by atoms with Gasteiger partial charge in [0.1, 0.15) is 6.04 Å². The molecule has 0 aliphatic rings. The predicted molar refractivity (Wildman–Crippen MR) is 77.5 cm³/mol. The molecule has 1 rings (SSSR count). The largest absolute Gasteiger partial charge is 0.480 e. The van der Waals surface area contributed by atoms with Crippen LogP contribution in [0.5, 0.6) is 0 Å². The van der Waals surface area contributed by atoms with Crippen molar-refractivity contribution in [2.45, 2.75) is 26.3 Å². The molecule has 0 saturated heterocycles. The average Bonchev–Trinajstić information content (AvgIpc) is 2.30. The van der Waals surface area contributed by atoms with Crippen molar-refractivity contribution in [3.05, 3.63) is 33.3 Å². The van der Waals surface area contributed by atoms with E-state index >= 15 is 0 Å². The van der Waals surface area contributed by atoms with Gasteiger partial charge in [-0.05, 0) is 30.5 Å². The summed E-state index contributed by atoms with van der Waals surface area (Å²) in [6, 6.07) is 3.94. The topological polar surface area (TPSA) is 66.4 Å². The molecule has 104 valence electrons. The summed E-state index contributed by atoms with van der Waals surface area (Å²) in [4.78, 5) is 23.1. The molecule has 0 aliphatic heterocycles. The summed E-state index contributed by atoms with van der Waals surface area (Å²) in [7, 11) is 0. The number of halogens is 2. The molecule has 4 nitrogen and oxygen atoms in total. The van der Waals surface area contributed by atoms with E-state index in [1.807, 2.05) is 13.8 Å². The first kappa shape index (κ1) is 16.0. The van der Waals surface area contributed by atoms with Gasteiger partial charge in [0.15, 0.2) is 0 Å². The lowest BCUT2D eigenvalue weighted by molar-refractivity contribution is -0.139. The molecule has 0 aromatic heterocycles. The van der Waals surface area contributed by atoms with Crippen molar-refractivity contribution < 1.29 is 14.7 Å². The van der Waals surface area contributed by atoms with E-state index in [-0.39, 0.29) is 16.5 Å². The van der Waals surface area contributed by atoms with E-state index in [9.17, 15) is 9.59 Å². The SMILES string of the molecule is CC(C)C[C@H](NC(=O)c1cc(Br)ccc1Cl)C(=O)O. The molecule has 19 heavy (non-hydrogen) atoms. The molecule has 0 radical (unpaired) electrons. The van der Waals surface area contributed by atoms with Crippen molar-refractivity contribution in [1.82, 2.24) is 5.32 Å². The number of aliphatic carboxylic acids is 1. The third-order valence-electron chi connectivity index (χ3n) is 2.48. The average molecular weight is 349 g/mol. The standard InChI is InChI=1S/C13H15BrClNO3/c1-7(2)5-11(13(18)19)16-12(17)9-6-8(14)3-4-10(9)15/h3-4,6-7,11H,5H2,1-2H3,(H,16,17)(H,18,19)/t11-/m0/s1. The Labute approximate surface area is 125 Å². The number of benzene rings is 1. The van der Waals surface area contributed by atoms with Gasteiger partial charge in [-0.15, -0.1) is 0 Å². The third kappa shape index (κ3) is 4.84. The van der Waals surface area contributed by atoms with Crippen LogP contribution in [0.2, 0.25) is 5.02 Å². The Kier molecular flexibility index (Phi) is 5.82. The van der Waals surface area contributed by atoms with Crippen molar-refractivity contribution in [2.24, 2.45) is 5.92 Å². The minimum absolute atomic E-state index is 0.166. The lowest BCUT2D eigenvalue weighted by atomic mass is 10.0. The highest BCUT2D eigenvalue weighted by Crippen LogP contribution is 2.21. The number of rotatable bonds is 5. The van der Waals surface area contributed by atoms with E-state index < -0.39 is 17.9 Å². The molecular weight excluding hydrogens is 334 g/mol. The van der Waals surface area contributed by atoms with Crippen LogP contribution < -0.4 is 5.32 Å². The molecule has 0 aliphatic carbocycles. The van der Waals surface area contributed by atoms with E-state index in [1.165, 1.54) is 0 Å². The Morgan fingerprint density at radius 2 is 2.05 bits per heavy atom. The van der Waals surface area contributed by atoms with Gasteiger partial charge in [-0.25, -0.2) is 4.79 Å². The van der Waals surface area contributed by atoms with Crippen molar-refractivity contribution >= 4 is 39.4 Å². The van der Waals surface area contributed by atoms with Crippen molar-refractivity contribution in [3.8, 4) is 0 Å². The second kappa shape index (κ2) is 6.91. The normalized spacial score (nSPS) is 12.3. The van der Waals surface area contributed by atoms with Crippen LogP contribution in [0.4, 0.5) is 0 Å². The fraction of sp³-hybridized carbons (Fsp3) is 0.385. The van der Waals surface area contributed by atoms with Crippen LogP contribution in [0.15, 0.2) is 22.7 Å². The van der Waals surface area contributed by atoms with Crippen LogP contribution in [-0.2, 0) is 4.79 Å². The first-order chi connectivity index (χ1) is 8.81. The second-order valence-electron chi connectivity index (χ2n) is 4.62. The molecule has 1 amide bonds. The number of nitrogens with one attached hydrogen (secondary N) is 1. The van der Waals surface area contributed by atoms with E-state index in [4.69, 9.17) is 16.7 Å². The Morgan fingerprint density at radius 1 is 1.42 bits per heavy atom. The van der Waals surface area contributed by atoms with Crippen LogP contribution in [0.25, 0.3) is 0 Å². The maximum Gasteiger partial charge on any atom is 0.326 e.